The number of rotatable bonds is 6. The van der Waals surface area contributed by atoms with E-state index in [-0.39, 0.29) is 35.8 Å². The van der Waals surface area contributed by atoms with Gasteiger partial charge < -0.3 is 9.84 Å². The van der Waals surface area contributed by atoms with Gasteiger partial charge in [-0.1, -0.05) is 23.3 Å². The summed E-state index contributed by atoms with van der Waals surface area (Å²) < 4.78 is 8.08. The molecule has 13 nitrogen and oxygen atoms in total. The number of imide groups is 2. The Morgan fingerprint density at radius 1 is 0.982 bits per heavy atom. The van der Waals surface area contributed by atoms with Crippen LogP contribution in [0.1, 0.15) is 36.8 Å². The number of aryl methyl sites for hydroxylation is 2. The Labute approximate surface area is 328 Å². The standard InChI is InChI=1S/C41H34ClN5O8S/c1-19-26-15-20(42)5-14-32(26)56-36(19)30-18-33(44(3)43-30)46-38(50)29-17-27-24(35(41(29,2)40(46)52)28-16-23(55-4)10-13-31(28)48)11-12-25-34(27)39(51)45(37(25)49)21-6-8-22(9-7-21)47(53)54/h5-11,13-16,18,25,27,29,34-35,48H,12,17H2,1-4H3/t25-,27+,29-,34-,35+,41+/m0/s1. The molecule has 0 bridgehead atoms. The molecule has 56 heavy (non-hydrogen) atoms. The van der Waals surface area contributed by atoms with E-state index in [0.717, 1.165) is 25.4 Å². The number of aromatic nitrogens is 2. The highest BCUT2D eigenvalue weighted by molar-refractivity contribution is 7.22. The first-order valence-corrected chi connectivity index (χ1v) is 19.2. The smallest absolute Gasteiger partial charge is 0.269 e. The normalized spacial score (nSPS) is 25.7. The maximum Gasteiger partial charge on any atom is 0.269 e. The molecular formula is C41H34ClN5O8S. The van der Waals surface area contributed by atoms with Gasteiger partial charge in [0.2, 0.25) is 23.6 Å². The van der Waals surface area contributed by atoms with Gasteiger partial charge in [-0.2, -0.15) is 5.10 Å². The largest absolute Gasteiger partial charge is 0.508 e. The lowest BCUT2D eigenvalue weighted by Gasteiger charge is -2.49. The quantitative estimate of drug-likeness (QED) is 0.0803. The number of ether oxygens (including phenoxy) is 1. The number of amides is 4. The summed E-state index contributed by atoms with van der Waals surface area (Å²) in [7, 11) is 3.17. The molecule has 4 heterocycles. The maximum atomic E-state index is 15.1. The summed E-state index contributed by atoms with van der Waals surface area (Å²) in [6.07, 6.45) is 2.17. The van der Waals surface area contributed by atoms with E-state index in [0.29, 0.717) is 27.6 Å². The van der Waals surface area contributed by atoms with Crippen molar-refractivity contribution in [3.63, 3.8) is 0 Å². The number of aromatic hydroxyl groups is 1. The van der Waals surface area contributed by atoms with Gasteiger partial charge in [-0.15, -0.1) is 11.3 Å². The first-order valence-electron chi connectivity index (χ1n) is 18.0. The van der Waals surface area contributed by atoms with E-state index in [1.54, 1.807) is 32.2 Å². The third kappa shape index (κ3) is 4.94. The molecule has 2 aliphatic heterocycles. The number of thiophene rings is 1. The van der Waals surface area contributed by atoms with Crippen molar-refractivity contribution in [3.05, 3.63) is 105 Å². The number of phenolic OH excluding ortho intramolecular Hbond substituents is 1. The highest BCUT2D eigenvalue weighted by Gasteiger charge is 2.68. The summed E-state index contributed by atoms with van der Waals surface area (Å²) in [6, 6.07) is 17.4. The molecule has 284 valence electrons. The van der Waals surface area contributed by atoms with Crippen LogP contribution >= 0.6 is 22.9 Å². The Balaban J connectivity index is 1.15. The highest BCUT2D eigenvalue weighted by atomic mass is 35.5. The Hall–Kier alpha value is -5.86. The van der Waals surface area contributed by atoms with E-state index in [2.05, 4.69) is 0 Å². The Morgan fingerprint density at radius 3 is 2.45 bits per heavy atom. The maximum absolute atomic E-state index is 15.1. The summed E-state index contributed by atoms with van der Waals surface area (Å²) in [4.78, 5) is 72.3. The molecule has 3 aromatic carbocycles. The van der Waals surface area contributed by atoms with Gasteiger partial charge >= 0.3 is 0 Å². The van der Waals surface area contributed by atoms with E-state index in [9.17, 15) is 29.6 Å². The molecule has 2 aliphatic carbocycles. The Kier molecular flexibility index (Phi) is 8.05. The van der Waals surface area contributed by atoms with E-state index in [1.165, 1.54) is 58.4 Å². The zero-order chi connectivity index (χ0) is 39.5. The molecule has 4 aliphatic rings. The number of fused-ring (bicyclic) bond motifs is 5. The number of hydrogen-bond donors (Lipinski definition) is 1. The minimum atomic E-state index is -1.42. The number of non-ortho nitro benzene ring substituents is 1. The second-order valence-corrected chi connectivity index (χ2v) is 16.6. The fraction of sp³-hybridized carbons (Fsp3) is 0.293. The number of allylic oxidation sites excluding steroid dienone is 2. The average Bonchev–Trinajstić information content (AvgIpc) is 3.85. The van der Waals surface area contributed by atoms with Crippen LogP contribution in [0.3, 0.4) is 0 Å². The number of carbonyl (C=O) groups is 4. The molecule has 2 saturated heterocycles. The van der Waals surface area contributed by atoms with Crippen molar-refractivity contribution < 1.29 is 33.9 Å². The molecule has 1 N–H and O–H groups in total. The van der Waals surface area contributed by atoms with Crippen molar-refractivity contribution in [3.8, 4) is 22.1 Å². The number of methoxy groups -OCH3 is 1. The number of nitrogens with zero attached hydrogens (tertiary/aromatic N) is 5. The van der Waals surface area contributed by atoms with Gasteiger partial charge in [-0.3, -0.25) is 38.9 Å². The second kappa shape index (κ2) is 12.6. The minimum Gasteiger partial charge on any atom is -0.508 e. The van der Waals surface area contributed by atoms with Crippen molar-refractivity contribution in [2.24, 2.45) is 36.1 Å². The molecule has 6 atom stereocenters. The lowest BCUT2D eigenvalue weighted by atomic mass is 9.51. The number of nitro groups is 1. The van der Waals surface area contributed by atoms with Gasteiger partial charge in [0.05, 0.1) is 45.8 Å². The summed E-state index contributed by atoms with van der Waals surface area (Å²) in [5, 5.41) is 29.1. The number of nitro benzene ring substituents is 1. The van der Waals surface area contributed by atoms with Crippen LogP contribution in [0.4, 0.5) is 17.2 Å². The zero-order valence-electron chi connectivity index (χ0n) is 30.6. The molecule has 5 aromatic rings. The number of benzene rings is 3. The number of hydrogen-bond acceptors (Lipinski definition) is 10. The van der Waals surface area contributed by atoms with E-state index >= 15 is 4.79 Å². The fourth-order valence-corrected chi connectivity index (χ4v) is 11.0. The average molecular weight is 792 g/mol. The molecule has 3 fully saturated rings. The zero-order valence-corrected chi connectivity index (χ0v) is 32.1. The van der Waals surface area contributed by atoms with E-state index in [1.807, 2.05) is 31.2 Å². The van der Waals surface area contributed by atoms with Gasteiger partial charge in [-0.05, 0) is 92.1 Å². The van der Waals surface area contributed by atoms with Crippen LogP contribution in [0.2, 0.25) is 5.02 Å². The third-order valence-electron chi connectivity index (χ3n) is 12.4. The molecule has 0 radical (unpaired) electrons. The summed E-state index contributed by atoms with van der Waals surface area (Å²) in [6.45, 7) is 3.72. The van der Waals surface area contributed by atoms with Crippen molar-refractivity contribution in [2.45, 2.75) is 32.6 Å². The molecule has 1 saturated carbocycles. The van der Waals surface area contributed by atoms with Gasteiger partial charge in [0.1, 0.15) is 23.0 Å². The van der Waals surface area contributed by atoms with Gasteiger partial charge in [-0.25, -0.2) is 4.90 Å². The topological polar surface area (TPSA) is 165 Å². The lowest BCUT2D eigenvalue weighted by molar-refractivity contribution is -0.384. The summed E-state index contributed by atoms with van der Waals surface area (Å²) in [5.74, 6) is -5.35. The summed E-state index contributed by atoms with van der Waals surface area (Å²) in [5.41, 5.74) is 1.22. The number of anilines is 2. The fourth-order valence-electron chi connectivity index (χ4n) is 9.66. The van der Waals surface area contributed by atoms with Gasteiger partial charge in [0, 0.05) is 46.5 Å². The van der Waals surface area contributed by atoms with Crippen LogP contribution in [0.25, 0.3) is 20.7 Å². The molecule has 0 unspecified atom stereocenters. The minimum absolute atomic E-state index is 0.0970. The van der Waals surface area contributed by atoms with Crippen LogP contribution in [0.15, 0.2) is 78.4 Å². The van der Waals surface area contributed by atoms with E-state index in [4.69, 9.17) is 21.4 Å². The molecular weight excluding hydrogens is 758 g/mol. The molecule has 2 aromatic heterocycles. The third-order valence-corrected chi connectivity index (χ3v) is 13.9. The monoisotopic (exact) mass is 791 g/mol. The van der Waals surface area contributed by atoms with Crippen molar-refractivity contribution >= 4 is 73.8 Å². The van der Waals surface area contributed by atoms with Crippen molar-refractivity contribution in [2.75, 3.05) is 16.9 Å². The van der Waals surface area contributed by atoms with Gasteiger partial charge in [0.25, 0.3) is 5.69 Å². The Morgan fingerprint density at radius 2 is 1.73 bits per heavy atom. The van der Waals surface area contributed by atoms with E-state index < -0.39 is 63.6 Å². The predicted octanol–water partition coefficient (Wildman–Crippen LogP) is 7.32. The molecule has 4 amide bonds. The van der Waals surface area contributed by atoms with Crippen LogP contribution in [-0.4, -0.2) is 50.5 Å². The van der Waals surface area contributed by atoms with Crippen LogP contribution < -0.4 is 14.5 Å². The van der Waals surface area contributed by atoms with Crippen molar-refractivity contribution in [1.82, 2.24) is 9.78 Å². The summed E-state index contributed by atoms with van der Waals surface area (Å²) >= 11 is 7.84. The number of carbonyl (C=O) groups excluding carboxylic acids is 4. The number of halogens is 1. The number of phenols is 1. The molecule has 9 rings (SSSR count). The lowest BCUT2D eigenvalue weighted by Crippen LogP contribution is -2.49. The van der Waals surface area contributed by atoms with Crippen molar-refractivity contribution in [1.29, 1.82) is 0 Å². The first-order chi connectivity index (χ1) is 26.7. The molecule has 15 heteroatoms. The van der Waals surface area contributed by atoms with Crippen LogP contribution in [0, 0.1) is 46.1 Å². The van der Waals surface area contributed by atoms with Crippen LogP contribution in [0.5, 0.6) is 11.5 Å². The Bertz CT molecular complexity index is 2620. The highest BCUT2D eigenvalue weighted by Crippen LogP contribution is 2.65. The molecule has 0 spiro atoms. The second-order valence-electron chi connectivity index (χ2n) is 15.1. The van der Waals surface area contributed by atoms with Gasteiger partial charge in [0.15, 0.2) is 0 Å². The first kappa shape index (κ1) is 35.8. The van der Waals surface area contributed by atoms with Crippen LogP contribution in [-0.2, 0) is 26.2 Å². The SMILES string of the molecule is COc1ccc(O)c([C@H]2C3=CC[C@@H]4C(=O)N(c5ccc([N+](=O)[O-])cc5)C(=O)[C@@H]4[C@@H]3C[C@H]3C(=O)N(c4cc(-c5sc6ccc(Cl)cc6c5C)nn4C)C(=O)[C@@]23C)c1. The predicted molar refractivity (Wildman–Crippen MR) is 209 cm³/mol.